The average molecular weight is 338 g/mol. The highest BCUT2D eigenvalue weighted by atomic mass is 32.2. The first-order valence-corrected chi connectivity index (χ1v) is 10.5. The summed E-state index contributed by atoms with van der Waals surface area (Å²) in [6.07, 6.45) is 0.753. The highest BCUT2D eigenvalue weighted by molar-refractivity contribution is 7.86. The number of hydrogen-bond donors (Lipinski definition) is 0. The summed E-state index contributed by atoms with van der Waals surface area (Å²) in [4.78, 5) is 0. The molecule has 0 saturated heterocycles. The molecule has 0 aliphatic carbocycles. The first-order chi connectivity index (χ1) is 8.70. The molecular formula is C8H20O8P2S. The summed E-state index contributed by atoms with van der Waals surface area (Å²) in [6, 6.07) is 0. The lowest BCUT2D eigenvalue weighted by Crippen LogP contribution is -2.18. The second-order valence-corrected chi connectivity index (χ2v) is 8.88. The normalized spacial score (nSPS) is 16.2. The Kier molecular flexibility index (Phi) is 8.63. The molecule has 0 spiro atoms. The van der Waals surface area contributed by atoms with Crippen LogP contribution in [0.15, 0.2) is 0 Å². The fourth-order valence-corrected chi connectivity index (χ4v) is 6.39. The quantitative estimate of drug-likeness (QED) is 0.440. The van der Waals surface area contributed by atoms with Crippen molar-refractivity contribution in [1.82, 2.24) is 0 Å². The summed E-state index contributed by atoms with van der Waals surface area (Å²) in [7, 11) is -11.1. The second-order valence-electron chi connectivity index (χ2n) is 3.28. The maximum atomic E-state index is 12.4. The van der Waals surface area contributed by atoms with Gasteiger partial charge in [-0.05, 0) is 20.8 Å². The van der Waals surface area contributed by atoms with Gasteiger partial charge in [0.1, 0.15) is 0 Å². The minimum atomic E-state index is -4.01. The van der Waals surface area contributed by atoms with Crippen LogP contribution in [0.1, 0.15) is 20.8 Å². The van der Waals surface area contributed by atoms with Crippen molar-refractivity contribution in [2.45, 2.75) is 26.4 Å². The molecule has 0 heterocycles. The van der Waals surface area contributed by atoms with Gasteiger partial charge in [-0.15, -0.1) is 0 Å². The Morgan fingerprint density at radius 2 is 1.58 bits per heavy atom. The zero-order chi connectivity index (χ0) is 15.1. The molecule has 0 aliphatic rings. The van der Waals surface area contributed by atoms with E-state index in [9.17, 15) is 17.5 Å². The molecule has 2 atom stereocenters. The van der Waals surface area contributed by atoms with E-state index in [1.54, 1.807) is 20.8 Å². The lowest BCUT2D eigenvalue weighted by Gasteiger charge is -2.24. The van der Waals surface area contributed by atoms with Crippen LogP contribution in [0.3, 0.4) is 0 Å². The predicted molar refractivity (Wildman–Crippen MR) is 71.2 cm³/mol. The van der Waals surface area contributed by atoms with Gasteiger partial charge in [-0.3, -0.25) is 9.13 Å². The third-order valence-corrected chi connectivity index (χ3v) is 7.11. The molecule has 19 heavy (non-hydrogen) atoms. The molecule has 11 heteroatoms. The van der Waals surface area contributed by atoms with Gasteiger partial charge in [-0.2, -0.15) is 8.42 Å². The van der Waals surface area contributed by atoms with Crippen LogP contribution in [0.2, 0.25) is 0 Å². The highest BCUT2D eigenvalue weighted by Gasteiger charge is 2.44. The van der Waals surface area contributed by atoms with Crippen LogP contribution < -0.4 is 0 Å². The van der Waals surface area contributed by atoms with Crippen LogP contribution in [0.25, 0.3) is 0 Å². The van der Waals surface area contributed by atoms with Gasteiger partial charge in [0.2, 0.25) is 8.03 Å². The lowest BCUT2D eigenvalue weighted by atomic mass is 10.9. The molecule has 0 aromatic heterocycles. The van der Waals surface area contributed by atoms with Gasteiger partial charge in [0.05, 0.1) is 26.1 Å². The molecule has 0 fully saturated rings. The van der Waals surface area contributed by atoms with E-state index in [1.165, 1.54) is 0 Å². The Morgan fingerprint density at radius 1 is 1.11 bits per heavy atom. The van der Waals surface area contributed by atoms with Gasteiger partial charge in [0, 0.05) is 0 Å². The van der Waals surface area contributed by atoms with E-state index >= 15 is 0 Å². The molecule has 0 aliphatic heterocycles. The number of rotatable bonds is 10. The molecule has 0 rings (SSSR count). The third-order valence-electron chi connectivity index (χ3n) is 1.66. The van der Waals surface area contributed by atoms with Crippen molar-refractivity contribution in [2.24, 2.45) is 0 Å². The first kappa shape index (κ1) is 19.2. The third kappa shape index (κ3) is 6.99. The van der Waals surface area contributed by atoms with Crippen LogP contribution in [-0.2, 0) is 37.0 Å². The lowest BCUT2D eigenvalue weighted by molar-refractivity contribution is 0.182. The Labute approximate surface area is 114 Å². The van der Waals surface area contributed by atoms with Gasteiger partial charge in [-0.1, -0.05) is 0 Å². The van der Waals surface area contributed by atoms with Crippen molar-refractivity contribution in [3.05, 3.63) is 0 Å². The Morgan fingerprint density at radius 3 is 1.89 bits per heavy atom. The smallest absolute Gasteiger partial charge is 0.329 e. The van der Waals surface area contributed by atoms with Crippen LogP contribution in [0.4, 0.5) is 0 Å². The fraction of sp³-hybridized carbons (Fsp3) is 1.00. The van der Waals surface area contributed by atoms with Gasteiger partial charge in [-0.25, -0.2) is 4.18 Å². The Balaban J connectivity index is 5.39. The van der Waals surface area contributed by atoms with Crippen molar-refractivity contribution in [1.29, 1.82) is 0 Å². The van der Waals surface area contributed by atoms with E-state index in [0.717, 1.165) is 6.26 Å². The molecule has 0 aromatic rings. The number of hydrogen-bond acceptors (Lipinski definition) is 8. The van der Waals surface area contributed by atoms with E-state index < -0.39 is 31.3 Å². The van der Waals surface area contributed by atoms with Gasteiger partial charge in [0.25, 0.3) is 15.7 Å². The predicted octanol–water partition coefficient (Wildman–Crippen LogP) is 2.02. The summed E-state index contributed by atoms with van der Waals surface area (Å²) in [6.45, 7) is 4.68. The monoisotopic (exact) mass is 338 g/mol. The summed E-state index contributed by atoms with van der Waals surface area (Å²) in [5.41, 5.74) is -1.77. The molecular weight excluding hydrogens is 318 g/mol. The standard InChI is InChI=1S/C8H20O8P2S/c1-5-13-17(9)8(16-19(4,11)12)18(10,14-6-2)15-7-3/h8,17H,5-7H2,1-4H3. The SMILES string of the molecule is CCO[PH](=O)C(OS(C)(=O)=O)P(=O)(OCC)OCC. The summed E-state index contributed by atoms with van der Waals surface area (Å²) in [5.74, 6) is 0. The zero-order valence-corrected chi connectivity index (χ0v) is 14.0. The van der Waals surface area contributed by atoms with Crippen LogP contribution in [-0.4, -0.2) is 40.1 Å². The molecule has 0 amide bonds. The highest BCUT2D eigenvalue weighted by Crippen LogP contribution is 2.62. The van der Waals surface area contributed by atoms with Gasteiger partial charge in [0.15, 0.2) is 0 Å². The second kappa shape index (κ2) is 8.52. The largest absolute Gasteiger partial charge is 0.370 e. The average Bonchev–Trinajstić information content (AvgIpc) is 2.25. The Bertz CT molecular complexity index is 424. The van der Waals surface area contributed by atoms with Crippen LogP contribution >= 0.6 is 15.6 Å². The van der Waals surface area contributed by atoms with Crippen molar-refractivity contribution in [3.63, 3.8) is 0 Å². The van der Waals surface area contributed by atoms with Crippen molar-refractivity contribution in [3.8, 4) is 0 Å². The van der Waals surface area contributed by atoms with E-state index in [4.69, 9.17) is 13.6 Å². The summed E-state index contributed by atoms with van der Waals surface area (Å²) < 4.78 is 65.9. The van der Waals surface area contributed by atoms with Gasteiger partial charge < -0.3 is 13.6 Å². The maximum absolute atomic E-state index is 12.4. The summed E-state index contributed by atoms with van der Waals surface area (Å²) >= 11 is 0. The van der Waals surface area contributed by atoms with Crippen LogP contribution in [0.5, 0.6) is 0 Å². The Hall–Kier alpha value is 0.250. The minimum Gasteiger partial charge on any atom is -0.329 e. The van der Waals surface area contributed by atoms with Crippen molar-refractivity contribution >= 4 is 25.7 Å². The molecule has 8 nitrogen and oxygen atoms in total. The summed E-state index contributed by atoms with van der Waals surface area (Å²) in [5, 5.41) is 0. The molecule has 0 bridgehead atoms. The molecule has 0 aromatic carbocycles. The van der Waals surface area contributed by atoms with E-state index in [-0.39, 0.29) is 19.8 Å². The topological polar surface area (TPSA) is 105 Å². The maximum Gasteiger partial charge on any atom is 0.370 e. The molecule has 0 N–H and O–H groups in total. The first-order valence-electron chi connectivity index (χ1n) is 5.63. The van der Waals surface area contributed by atoms with Crippen molar-refractivity contribution < 1.29 is 35.3 Å². The minimum absolute atomic E-state index is 0.0117. The fourth-order valence-electron chi connectivity index (χ4n) is 1.13. The van der Waals surface area contributed by atoms with E-state index in [1.807, 2.05) is 0 Å². The molecule has 116 valence electrons. The van der Waals surface area contributed by atoms with Gasteiger partial charge >= 0.3 is 7.60 Å². The molecule has 2 unspecified atom stereocenters. The van der Waals surface area contributed by atoms with Crippen LogP contribution in [0, 0.1) is 0 Å². The molecule has 0 saturated carbocycles. The zero-order valence-electron chi connectivity index (χ0n) is 11.3. The molecule has 0 radical (unpaired) electrons. The van der Waals surface area contributed by atoms with Crippen molar-refractivity contribution in [2.75, 3.05) is 26.1 Å². The van der Waals surface area contributed by atoms with E-state index in [0.29, 0.717) is 0 Å². The van der Waals surface area contributed by atoms with E-state index in [2.05, 4.69) is 4.18 Å².